The molecule has 0 aliphatic rings. The lowest BCUT2D eigenvalue weighted by Gasteiger charge is -1.97. The van der Waals surface area contributed by atoms with E-state index in [1.807, 2.05) is 0 Å². The lowest BCUT2D eigenvalue weighted by Crippen LogP contribution is -2.16. The fourth-order valence-corrected chi connectivity index (χ4v) is 1.35. The van der Waals surface area contributed by atoms with E-state index in [1.54, 1.807) is 7.05 Å². The fourth-order valence-electron chi connectivity index (χ4n) is 0.629. The van der Waals surface area contributed by atoms with Crippen molar-refractivity contribution in [2.75, 3.05) is 5.75 Å². The standard InChI is InChI=1S/C5H9N5O2S/c1-10-4(11)7-8-5(10)13-2-3(6)9-12/h12H,2H2,1H3,(H2,6,9)(H,7,11). The molecule has 0 unspecified atom stereocenters. The summed E-state index contributed by atoms with van der Waals surface area (Å²) in [5.41, 5.74) is 4.94. The van der Waals surface area contributed by atoms with E-state index in [0.29, 0.717) is 5.16 Å². The number of hydrogen-bond donors (Lipinski definition) is 3. The van der Waals surface area contributed by atoms with Crippen LogP contribution in [-0.4, -0.2) is 31.6 Å². The van der Waals surface area contributed by atoms with E-state index in [0.717, 1.165) is 0 Å². The Balaban J connectivity index is 2.65. The number of hydrogen-bond acceptors (Lipinski definition) is 5. The summed E-state index contributed by atoms with van der Waals surface area (Å²) in [6.07, 6.45) is 0. The molecule has 0 bridgehead atoms. The normalized spacial score (nSPS) is 11.9. The van der Waals surface area contributed by atoms with Crippen LogP contribution in [0.25, 0.3) is 0 Å². The molecule has 72 valence electrons. The van der Waals surface area contributed by atoms with E-state index >= 15 is 0 Å². The molecule has 8 heteroatoms. The zero-order chi connectivity index (χ0) is 9.84. The first-order valence-corrected chi connectivity index (χ1v) is 4.34. The topological polar surface area (TPSA) is 109 Å². The van der Waals surface area contributed by atoms with Crippen molar-refractivity contribution in [3.63, 3.8) is 0 Å². The van der Waals surface area contributed by atoms with Crippen LogP contribution in [0.3, 0.4) is 0 Å². The molecule has 1 heterocycles. The summed E-state index contributed by atoms with van der Waals surface area (Å²) in [5, 5.41) is 17.5. The molecule has 1 rings (SSSR count). The summed E-state index contributed by atoms with van der Waals surface area (Å²) in [6.45, 7) is 0. The maximum Gasteiger partial charge on any atom is 0.343 e. The van der Waals surface area contributed by atoms with Crippen LogP contribution in [-0.2, 0) is 7.05 Å². The van der Waals surface area contributed by atoms with Gasteiger partial charge in [-0.2, -0.15) is 0 Å². The third-order valence-corrected chi connectivity index (χ3v) is 2.38. The van der Waals surface area contributed by atoms with Gasteiger partial charge < -0.3 is 10.9 Å². The van der Waals surface area contributed by atoms with Crippen molar-refractivity contribution in [3.05, 3.63) is 10.5 Å². The van der Waals surface area contributed by atoms with Gasteiger partial charge in [-0.05, 0) is 0 Å². The second-order valence-corrected chi connectivity index (χ2v) is 3.19. The molecule has 1 aromatic heterocycles. The number of thioether (sulfide) groups is 1. The average Bonchev–Trinajstić information content (AvgIpc) is 2.44. The number of H-pyrrole nitrogens is 1. The van der Waals surface area contributed by atoms with Crippen LogP contribution in [0.4, 0.5) is 0 Å². The number of aromatic amines is 1. The Labute approximate surface area is 77.6 Å². The molecule has 0 aliphatic carbocycles. The highest BCUT2D eigenvalue weighted by molar-refractivity contribution is 7.99. The lowest BCUT2D eigenvalue weighted by atomic mass is 10.7. The van der Waals surface area contributed by atoms with E-state index in [1.165, 1.54) is 16.3 Å². The number of rotatable bonds is 3. The summed E-state index contributed by atoms with van der Waals surface area (Å²) in [4.78, 5) is 10.9. The van der Waals surface area contributed by atoms with Gasteiger partial charge in [-0.15, -0.1) is 5.10 Å². The third-order valence-electron chi connectivity index (χ3n) is 1.32. The molecule has 0 aromatic carbocycles. The van der Waals surface area contributed by atoms with Gasteiger partial charge in [0.05, 0.1) is 5.75 Å². The second-order valence-electron chi connectivity index (χ2n) is 2.25. The van der Waals surface area contributed by atoms with Gasteiger partial charge in [0, 0.05) is 7.05 Å². The number of amidine groups is 1. The Morgan fingerprint density at radius 1 is 1.92 bits per heavy atom. The summed E-state index contributed by atoms with van der Waals surface area (Å²) < 4.78 is 1.34. The van der Waals surface area contributed by atoms with Gasteiger partial charge in [-0.1, -0.05) is 16.9 Å². The number of nitrogens with two attached hydrogens (primary N) is 1. The fraction of sp³-hybridized carbons (Fsp3) is 0.400. The molecule has 0 saturated heterocycles. The Morgan fingerprint density at radius 2 is 2.62 bits per heavy atom. The van der Waals surface area contributed by atoms with Crippen LogP contribution < -0.4 is 11.4 Å². The number of nitrogens with zero attached hydrogens (tertiary/aromatic N) is 3. The van der Waals surface area contributed by atoms with Gasteiger partial charge in [0.1, 0.15) is 5.84 Å². The zero-order valence-electron chi connectivity index (χ0n) is 6.89. The summed E-state index contributed by atoms with van der Waals surface area (Å²) in [7, 11) is 1.58. The van der Waals surface area contributed by atoms with Crippen LogP contribution in [0.15, 0.2) is 15.1 Å². The third kappa shape index (κ3) is 2.25. The van der Waals surface area contributed by atoms with Crippen LogP contribution >= 0.6 is 11.8 Å². The van der Waals surface area contributed by atoms with E-state index in [9.17, 15) is 4.79 Å². The average molecular weight is 203 g/mol. The van der Waals surface area contributed by atoms with Gasteiger partial charge in [-0.25, -0.2) is 9.89 Å². The highest BCUT2D eigenvalue weighted by atomic mass is 32.2. The first-order chi connectivity index (χ1) is 6.15. The zero-order valence-corrected chi connectivity index (χ0v) is 7.71. The van der Waals surface area contributed by atoms with Gasteiger partial charge in [-0.3, -0.25) is 4.57 Å². The SMILES string of the molecule is Cn1c(SCC(N)=NO)n[nH]c1=O. The highest BCUT2D eigenvalue weighted by Gasteiger charge is 2.05. The Hall–Kier alpha value is -1.44. The molecule has 0 spiro atoms. The van der Waals surface area contributed by atoms with Crippen LogP contribution in [0, 0.1) is 0 Å². The Bertz CT molecular complexity index is 367. The van der Waals surface area contributed by atoms with Crippen molar-refractivity contribution >= 4 is 17.6 Å². The number of aromatic nitrogens is 3. The maximum atomic E-state index is 10.9. The first kappa shape index (κ1) is 9.65. The van der Waals surface area contributed by atoms with E-state index < -0.39 is 0 Å². The Kier molecular flexibility index (Phi) is 2.96. The highest BCUT2D eigenvalue weighted by Crippen LogP contribution is 2.10. The molecule has 0 atom stereocenters. The van der Waals surface area contributed by atoms with Crippen molar-refractivity contribution in [1.82, 2.24) is 14.8 Å². The van der Waals surface area contributed by atoms with Crippen LogP contribution in [0.5, 0.6) is 0 Å². The van der Waals surface area contributed by atoms with E-state index in [-0.39, 0.29) is 17.3 Å². The minimum absolute atomic E-state index is 0.0837. The monoisotopic (exact) mass is 203 g/mol. The van der Waals surface area contributed by atoms with Gasteiger partial charge >= 0.3 is 5.69 Å². The number of nitrogens with one attached hydrogen (secondary N) is 1. The number of oxime groups is 1. The predicted molar refractivity (Wildman–Crippen MR) is 48.0 cm³/mol. The summed E-state index contributed by atoms with van der Waals surface area (Å²) >= 11 is 1.21. The molecule has 0 amide bonds. The minimum atomic E-state index is -0.290. The molecular formula is C5H9N5O2S. The molecule has 0 radical (unpaired) electrons. The first-order valence-electron chi connectivity index (χ1n) is 3.35. The second kappa shape index (κ2) is 3.99. The lowest BCUT2D eigenvalue weighted by molar-refractivity contribution is 0.318. The molecule has 7 nitrogen and oxygen atoms in total. The largest absolute Gasteiger partial charge is 0.409 e. The predicted octanol–water partition coefficient (Wildman–Crippen LogP) is -1.05. The Morgan fingerprint density at radius 3 is 3.08 bits per heavy atom. The maximum absolute atomic E-state index is 10.9. The molecular weight excluding hydrogens is 194 g/mol. The molecule has 0 saturated carbocycles. The van der Waals surface area contributed by atoms with E-state index in [4.69, 9.17) is 10.9 Å². The molecule has 0 aliphatic heterocycles. The van der Waals surface area contributed by atoms with Gasteiger partial charge in [0.15, 0.2) is 5.16 Å². The van der Waals surface area contributed by atoms with Crippen molar-refractivity contribution < 1.29 is 5.21 Å². The van der Waals surface area contributed by atoms with Crippen molar-refractivity contribution in [2.45, 2.75) is 5.16 Å². The van der Waals surface area contributed by atoms with Crippen molar-refractivity contribution in [2.24, 2.45) is 17.9 Å². The molecule has 1 aromatic rings. The molecule has 4 N–H and O–H groups in total. The van der Waals surface area contributed by atoms with Crippen molar-refractivity contribution in [3.8, 4) is 0 Å². The van der Waals surface area contributed by atoms with Crippen LogP contribution in [0.2, 0.25) is 0 Å². The van der Waals surface area contributed by atoms with E-state index in [2.05, 4.69) is 15.4 Å². The minimum Gasteiger partial charge on any atom is -0.409 e. The van der Waals surface area contributed by atoms with Gasteiger partial charge in [0.2, 0.25) is 0 Å². The summed E-state index contributed by atoms with van der Waals surface area (Å²) in [6, 6.07) is 0. The molecule has 0 fully saturated rings. The summed E-state index contributed by atoms with van der Waals surface area (Å²) in [5.74, 6) is 0.370. The van der Waals surface area contributed by atoms with Gasteiger partial charge in [0.25, 0.3) is 0 Å². The quantitative estimate of drug-likeness (QED) is 0.191. The molecule has 13 heavy (non-hydrogen) atoms. The van der Waals surface area contributed by atoms with Crippen LogP contribution in [0.1, 0.15) is 0 Å². The van der Waals surface area contributed by atoms with Crippen molar-refractivity contribution in [1.29, 1.82) is 0 Å². The smallest absolute Gasteiger partial charge is 0.343 e.